The minimum atomic E-state index is -0.654. The Morgan fingerprint density at radius 2 is 1.79 bits per heavy atom. The Labute approximate surface area is 173 Å². The quantitative estimate of drug-likeness (QED) is 0.549. The van der Waals surface area contributed by atoms with E-state index in [1.807, 2.05) is 6.07 Å². The summed E-state index contributed by atoms with van der Waals surface area (Å²) >= 11 is 1.39. The molecule has 7 nitrogen and oxygen atoms in total. The van der Waals surface area contributed by atoms with Crippen LogP contribution in [-0.4, -0.2) is 38.2 Å². The van der Waals surface area contributed by atoms with Gasteiger partial charge in [-0.25, -0.2) is 9.59 Å². The van der Waals surface area contributed by atoms with Gasteiger partial charge in [0, 0.05) is 4.88 Å². The van der Waals surface area contributed by atoms with Crippen LogP contribution in [0.15, 0.2) is 30.3 Å². The van der Waals surface area contributed by atoms with Gasteiger partial charge in [-0.1, -0.05) is 24.6 Å². The molecule has 3 rings (SSSR count). The van der Waals surface area contributed by atoms with E-state index >= 15 is 0 Å². The minimum Gasteiger partial charge on any atom is -0.482 e. The van der Waals surface area contributed by atoms with Crippen molar-refractivity contribution in [3.05, 3.63) is 46.3 Å². The predicted molar refractivity (Wildman–Crippen MR) is 108 cm³/mol. The summed E-state index contributed by atoms with van der Waals surface area (Å²) in [6.45, 7) is -0.752. The van der Waals surface area contributed by atoms with Crippen molar-refractivity contribution in [3.63, 3.8) is 0 Å². The normalized spacial score (nSPS) is 13.0. The number of benzene rings is 1. The van der Waals surface area contributed by atoms with Gasteiger partial charge in [-0.05, 0) is 43.4 Å². The van der Waals surface area contributed by atoms with E-state index in [0.29, 0.717) is 16.3 Å². The Kier molecular flexibility index (Phi) is 7.24. The predicted octanol–water partition coefficient (Wildman–Crippen LogP) is 3.36. The first-order valence-corrected chi connectivity index (χ1v) is 10.3. The fraction of sp³-hybridized carbons (Fsp3) is 0.381. The van der Waals surface area contributed by atoms with Gasteiger partial charge >= 0.3 is 11.9 Å². The number of aryl methyl sites for hydroxylation is 1. The molecule has 154 valence electrons. The number of para-hydroxylation sites is 1. The average Bonchev–Trinajstić information content (AvgIpc) is 2.91. The lowest BCUT2D eigenvalue weighted by Crippen LogP contribution is -2.24. The lowest BCUT2D eigenvalue weighted by molar-refractivity contribution is -0.149. The molecule has 0 fully saturated rings. The smallest absolute Gasteiger partial charge is 0.344 e. The number of carbonyl (C=O) groups excluding carboxylic acids is 3. The van der Waals surface area contributed by atoms with Crippen LogP contribution in [0.25, 0.3) is 0 Å². The van der Waals surface area contributed by atoms with Crippen LogP contribution in [-0.2, 0) is 31.9 Å². The number of carbonyl (C=O) groups is 3. The van der Waals surface area contributed by atoms with Gasteiger partial charge in [0.05, 0.1) is 12.7 Å². The number of hydrogen-bond donors (Lipinski definition) is 1. The second kappa shape index (κ2) is 10.1. The van der Waals surface area contributed by atoms with E-state index in [4.69, 9.17) is 14.2 Å². The fourth-order valence-electron chi connectivity index (χ4n) is 3.16. The van der Waals surface area contributed by atoms with E-state index in [2.05, 4.69) is 5.32 Å². The van der Waals surface area contributed by atoms with Crippen molar-refractivity contribution in [2.75, 3.05) is 25.6 Å². The maximum Gasteiger partial charge on any atom is 0.344 e. The third-order valence-corrected chi connectivity index (χ3v) is 5.74. The highest BCUT2D eigenvalue weighted by atomic mass is 32.1. The number of methoxy groups -OCH3 is 1. The van der Waals surface area contributed by atoms with E-state index in [1.54, 1.807) is 24.3 Å². The largest absolute Gasteiger partial charge is 0.482 e. The number of anilines is 1. The van der Waals surface area contributed by atoms with Gasteiger partial charge in [-0.3, -0.25) is 4.79 Å². The van der Waals surface area contributed by atoms with Crippen molar-refractivity contribution < 1.29 is 28.6 Å². The molecule has 0 bridgehead atoms. The van der Waals surface area contributed by atoms with Gasteiger partial charge in [-0.2, -0.15) is 0 Å². The highest BCUT2D eigenvalue weighted by Crippen LogP contribution is 2.37. The third kappa shape index (κ3) is 5.57. The van der Waals surface area contributed by atoms with Crippen LogP contribution < -0.4 is 10.1 Å². The standard InChI is InChI=1S/C21H23NO6S/c1-26-21(25)19-15-10-6-3-7-11-16(15)29-20(19)22-17(23)12-28-18(24)13-27-14-8-4-2-5-9-14/h2,4-5,8-9H,3,6-7,10-13H2,1H3,(H,22,23). The zero-order chi connectivity index (χ0) is 20.6. The molecule has 8 heteroatoms. The van der Waals surface area contributed by atoms with E-state index in [9.17, 15) is 14.4 Å². The first-order valence-electron chi connectivity index (χ1n) is 9.44. The number of fused-ring (bicyclic) bond motifs is 1. The molecule has 29 heavy (non-hydrogen) atoms. The monoisotopic (exact) mass is 417 g/mol. The summed E-state index contributed by atoms with van der Waals surface area (Å²) < 4.78 is 15.2. The molecule has 0 saturated carbocycles. The van der Waals surface area contributed by atoms with Gasteiger partial charge < -0.3 is 19.5 Å². The van der Waals surface area contributed by atoms with Crippen molar-refractivity contribution in [2.45, 2.75) is 32.1 Å². The molecule has 0 saturated heterocycles. The summed E-state index contributed by atoms with van der Waals surface area (Å²) in [5, 5.41) is 3.14. The second-order valence-electron chi connectivity index (χ2n) is 6.57. The summed E-state index contributed by atoms with van der Waals surface area (Å²) in [7, 11) is 1.32. The molecule has 0 radical (unpaired) electrons. The number of esters is 2. The lowest BCUT2D eigenvalue weighted by Gasteiger charge is -2.09. The van der Waals surface area contributed by atoms with Crippen LogP contribution in [0.3, 0.4) is 0 Å². The van der Waals surface area contributed by atoms with E-state index < -0.39 is 24.5 Å². The topological polar surface area (TPSA) is 90.9 Å². The third-order valence-electron chi connectivity index (χ3n) is 4.53. The maximum absolute atomic E-state index is 12.3. The van der Waals surface area contributed by atoms with Crippen molar-refractivity contribution in [1.29, 1.82) is 0 Å². The fourth-order valence-corrected chi connectivity index (χ4v) is 4.45. The molecule has 2 aromatic rings. The molecular formula is C21H23NO6S. The first-order chi connectivity index (χ1) is 14.1. The first kappa shape index (κ1) is 20.9. The Hall–Kier alpha value is -2.87. The van der Waals surface area contributed by atoms with Crippen LogP contribution in [0.4, 0.5) is 5.00 Å². The molecule has 0 unspecified atom stereocenters. The van der Waals surface area contributed by atoms with E-state index in [1.165, 1.54) is 18.4 Å². The molecule has 1 aliphatic carbocycles. The van der Waals surface area contributed by atoms with Gasteiger partial charge in [0.1, 0.15) is 10.8 Å². The van der Waals surface area contributed by atoms with E-state index in [-0.39, 0.29) is 6.61 Å². The Bertz CT molecular complexity index is 877. The number of thiophene rings is 1. The molecule has 1 aromatic heterocycles. The molecule has 1 amide bonds. The maximum atomic E-state index is 12.3. The van der Waals surface area contributed by atoms with Crippen molar-refractivity contribution in [2.24, 2.45) is 0 Å². The molecule has 1 N–H and O–H groups in total. The molecule has 1 heterocycles. The summed E-state index contributed by atoms with van der Waals surface area (Å²) in [4.78, 5) is 37.4. The van der Waals surface area contributed by atoms with Crippen LogP contribution in [0.5, 0.6) is 5.75 Å². The number of ether oxygens (including phenoxy) is 3. The second-order valence-corrected chi connectivity index (χ2v) is 7.68. The minimum absolute atomic E-state index is 0.294. The van der Waals surface area contributed by atoms with Crippen LogP contribution >= 0.6 is 11.3 Å². The van der Waals surface area contributed by atoms with Gasteiger partial charge in [0.2, 0.25) is 0 Å². The Balaban J connectivity index is 1.57. The zero-order valence-corrected chi connectivity index (χ0v) is 17.0. The Morgan fingerprint density at radius 3 is 2.55 bits per heavy atom. The zero-order valence-electron chi connectivity index (χ0n) is 16.2. The highest BCUT2D eigenvalue weighted by Gasteiger charge is 2.26. The van der Waals surface area contributed by atoms with Crippen LogP contribution in [0.2, 0.25) is 0 Å². The number of hydrogen-bond acceptors (Lipinski definition) is 7. The summed E-state index contributed by atoms with van der Waals surface area (Å²) in [5.74, 6) is -1.09. The Morgan fingerprint density at radius 1 is 1.03 bits per heavy atom. The number of nitrogens with one attached hydrogen (secondary N) is 1. The van der Waals surface area contributed by atoms with Crippen molar-refractivity contribution in [3.8, 4) is 5.75 Å². The van der Waals surface area contributed by atoms with Crippen molar-refractivity contribution in [1.82, 2.24) is 0 Å². The van der Waals surface area contributed by atoms with Gasteiger partial charge in [0.25, 0.3) is 5.91 Å². The van der Waals surface area contributed by atoms with Crippen molar-refractivity contribution >= 4 is 34.2 Å². The molecule has 0 aliphatic heterocycles. The lowest BCUT2D eigenvalue weighted by atomic mass is 10.1. The molecule has 1 aliphatic rings. The highest BCUT2D eigenvalue weighted by molar-refractivity contribution is 7.17. The molecule has 1 aromatic carbocycles. The summed E-state index contributed by atoms with van der Waals surface area (Å²) in [6, 6.07) is 8.84. The van der Waals surface area contributed by atoms with Gasteiger partial charge in [0.15, 0.2) is 13.2 Å². The molecule has 0 atom stereocenters. The van der Waals surface area contributed by atoms with E-state index in [0.717, 1.165) is 42.5 Å². The average molecular weight is 417 g/mol. The van der Waals surface area contributed by atoms with Gasteiger partial charge in [-0.15, -0.1) is 11.3 Å². The van der Waals surface area contributed by atoms with Crippen LogP contribution in [0, 0.1) is 0 Å². The number of amides is 1. The number of rotatable bonds is 7. The SMILES string of the molecule is COC(=O)c1c(NC(=O)COC(=O)COc2ccccc2)sc2c1CCCCC2. The molecular weight excluding hydrogens is 394 g/mol. The molecule has 0 spiro atoms. The van der Waals surface area contributed by atoms with Crippen LogP contribution in [0.1, 0.15) is 40.1 Å². The summed E-state index contributed by atoms with van der Waals surface area (Å²) in [6.07, 6.45) is 4.84. The summed E-state index contributed by atoms with van der Waals surface area (Å²) in [5.41, 5.74) is 1.38.